The van der Waals surface area contributed by atoms with Crippen molar-refractivity contribution in [2.24, 2.45) is 0 Å². The number of carbonyl (C=O) groups excluding carboxylic acids is 1. The molecule has 12 unspecified atom stereocenters. The van der Waals surface area contributed by atoms with E-state index in [-0.39, 0.29) is 18.9 Å². The molecule has 14 nitrogen and oxygen atoms in total. The van der Waals surface area contributed by atoms with Crippen LogP contribution in [0, 0.1) is 0 Å². The van der Waals surface area contributed by atoms with Crippen LogP contribution in [0.3, 0.4) is 0 Å². The largest absolute Gasteiger partial charge is 0.394 e. The smallest absolute Gasteiger partial charge is 0.220 e. The van der Waals surface area contributed by atoms with Gasteiger partial charge in [0, 0.05) is 6.42 Å². The molecule has 0 aliphatic carbocycles. The summed E-state index contributed by atoms with van der Waals surface area (Å²) in [4.78, 5) is 13.1. The van der Waals surface area contributed by atoms with Crippen LogP contribution in [0.15, 0.2) is 85.1 Å². The maximum absolute atomic E-state index is 13.1. The van der Waals surface area contributed by atoms with E-state index < -0.39 is 86.8 Å². The zero-order valence-corrected chi connectivity index (χ0v) is 44.1. The number of hydrogen-bond donors (Lipinski definition) is 9. The highest BCUT2D eigenvalue weighted by atomic mass is 16.7. The first-order valence-corrected chi connectivity index (χ1v) is 27.8. The third kappa shape index (κ3) is 29.3. The van der Waals surface area contributed by atoms with E-state index in [9.17, 15) is 45.6 Å². The second-order valence-electron chi connectivity index (χ2n) is 19.3. The predicted octanol–water partition coefficient (Wildman–Crippen LogP) is 8.55. The standard InChI is InChI=1S/C58H99NO13/c1-3-5-7-9-11-12-13-14-15-16-17-18-19-20-21-22-23-24-25-26-27-28-29-30-31-32-33-34-36-38-40-42-50(63)59-46(47(62)41-39-37-35-10-8-6-4-2)45-69-57-55(68)53(66)56(49(44-61)71-57)72-58-54(67)52(65)51(64)48(43-60)70-58/h5,7,11-12,14-15,17-18,20-21,23-24,39,41,46-49,51-58,60-62,64-68H,3-4,6,8-10,13,16,19,22,25-38,40,42-45H2,1-2H3,(H,59,63)/b7-5-,12-11-,15-14-,18-17-,21-20-,24-23-,41-39+. The number of aliphatic hydroxyl groups is 8. The molecule has 72 heavy (non-hydrogen) atoms. The van der Waals surface area contributed by atoms with E-state index in [0.29, 0.717) is 6.42 Å². The summed E-state index contributed by atoms with van der Waals surface area (Å²) in [5.74, 6) is -0.251. The van der Waals surface area contributed by atoms with Crippen molar-refractivity contribution in [2.75, 3.05) is 19.8 Å². The Morgan fingerprint density at radius 3 is 1.47 bits per heavy atom. The average molecular weight is 1020 g/mol. The van der Waals surface area contributed by atoms with Gasteiger partial charge in [-0.3, -0.25) is 4.79 Å². The lowest BCUT2D eigenvalue weighted by Gasteiger charge is -2.46. The maximum atomic E-state index is 13.1. The molecule has 414 valence electrons. The zero-order valence-electron chi connectivity index (χ0n) is 44.1. The molecule has 0 radical (unpaired) electrons. The van der Waals surface area contributed by atoms with Crippen LogP contribution < -0.4 is 5.32 Å². The Morgan fingerprint density at radius 1 is 0.514 bits per heavy atom. The molecule has 0 spiro atoms. The van der Waals surface area contributed by atoms with Gasteiger partial charge in [0.1, 0.15) is 48.8 Å². The lowest BCUT2D eigenvalue weighted by atomic mass is 9.97. The molecule has 14 heteroatoms. The molecule has 0 bridgehead atoms. The number of nitrogens with one attached hydrogen (secondary N) is 1. The molecular formula is C58H99NO13. The first-order chi connectivity index (χ1) is 35.1. The van der Waals surface area contributed by atoms with Gasteiger partial charge in [-0.15, -0.1) is 0 Å². The van der Waals surface area contributed by atoms with E-state index in [4.69, 9.17) is 18.9 Å². The summed E-state index contributed by atoms with van der Waals surface area (Å²) in [6.07, 6.45) is 41.0. The highest BCUT2D eigenvalue weighted by Crippen LogP contribution is 2.30. The maximum Gasteiger partial charge on any atom is 0.220 e. The van der Waals surface area contributed by atoms with Gasteiger partial charge in [0.15, 0.2) is 12.6 Å². The van der Waals surface area contributed by atoms with Gasteiger partial charge in [-0.2, -0.15) is 0 Å². The van der Waals surface area contributed by atoms with Gasteiger partial charge in [-0.05, 0) is 70.6 Å². The minimum absolute atomic E-state index is 0.251. The van der Waals surface area contributed by atoms with Crippen molar-refractivity contribution in [3.8, 4) is 0 Å². The summed E-state index contributed by atoms with van der Waals surface area (Å²) in [6, 6.07) is -0.917. The molecule has 2 aliphatic rings. The number of unbranched alkanes of at least 4 members (excludes halogenated alkanes) is 17. The highest BCUT2D eigenvalue weighted by Gasteiger charge is 2.51. The molecule has 9 N–H and O–H groups in total. The van der Waals surface area contributed by atoms with Crippen LogP contribution in [-0.2, 0) is 23.7 Å². The Labute approximate surface area is 433 Å². The highest BCUT2D eigenvalue weighted by molar-refractivity contribution is 5.76. The van der Waals surface area contributed by atoms with Gasteiger partial charge in [0.2, 0.25) is 5.91 Å². The van der Waals surface area contributed by atoms with E-state index in [1.807, 2.05) is 6.08 Å². The van der Waals surface area contributed by atoms with Gasteiger partial charge in [-0.1, -0.05) is 189 Å². The molecule has 12 atom stereocenters. The molecule has 2 heterocycles. The summed E-state index contributed by atoms with van der Waals surface area (Å²) in [5, 5.41) is 86.5. The van der Waals surface area contributed by atoms with Crippen molar-refractivity contribution in [2.45, 2.75) is 254 Å². The quantitative estimate of drug-likeness (QED) is 0.0207. The molecule has 2 rings (SSSR count). The molecule has 1 amide bonds. The van der Waals surface area contributed by atoms with Gasteiger partial charge < -0.3 is 65.1 Å². The Morgan fingerprint density at radius 2 is 0.958 bits per heavy atom. The Hall–Kier alpha value is -2.83. The van der Waals surface area contributed by atoms with E-state index in [1.54, 1.807) is 6.08 Å². The summed E-state index contributed by atoms with van der Waals surface area (Å²) in [5.41, 5.74) is 0. The van der Waals surface area contributed by atoms with Crippen molar-refractivity contribution >= 4 is 5.91 Å². The fourth-order valence-electron chi connectivity index (χ4n) is 8.59. The number of rotatable bonds is 42. The third-order valence-electron chi connectivity index (χ3n) is 13.1. The van der Waals surface area contributed by atoms with Gasteiger partial charge in [-0.25, -0.2) is 0 Å². The number of aliphatic hydroxyl groups excluding tert-OH is 8. The number of allylic oxidation sites excluding steroid dienone is 13. The first-order valence-electron chi connectivity index (χ1n) is 27.8. The van der Waals surface area contributed by atoms with Crippen LogP contribution in [-0.4, -0.2) is 140 Å². The van der Waals surface area contributed by atoms with Crippen molar-refractivity contribution in [1.82, 2.24) is 5.32 Å². The van der Waals surface area contributed by atoms with Crippen molar-refractivity contribution in [1.29, 1.82) is 0 Å². The fourth-order valence-corrected chi connectivity index (χ4v) is 8.59. The average Bonchev–Trinajstić information content (AvgIpc) is 3.38. The predicted molar refractivity (Wildman–Crippen MR) is 286 cm³/mol. The number of ether oxygens (including phenoxy) is 4. The number of hydrogen-bond acceptors (Lipinski definition) is 13. The Bertz CT molecular complexity index is 1530. The lowest BCUT2D eigenvalue weighted by molar-refractivity contribution is -0.359. The molecule has 0 aromatic heterocycles. The van der Waals surface area contributed by atoms with E-state index >= 15 is 0 Å². The van der Waals surface area contributed by atoms with Crippen molar-refractivity contribution in [3.63, 3.8) is 0 Å². The Balaban J connectivity index is 1.63. The van der Waals surface area contributed by atoms with Gasteiger partial charge >= 0.3 is 0 Å². The van der Waals surface area contributed by atoms with E-state index in [2.05, 4.69) is 92.1 Å². The first kappa shape index (κ1) is 65.3. The third-order valence-corrected chi connectivity index (χ3v) is 13.1. The van der Waals surface area contributed by atoms with Crippen LogP contribution in [0.2, 0.25) is 0 Å². The van der Waals surface area contributed by atoms with Gasteiger partial charge in [0.25, 0.3) is 0 Å². The molecule has 2 aliphatic heterocycles. The summed E-state index contributed by atoms with van der Waals surface area (Å²) in [7, 11) is 0. The van der Waals surface area contributed by atoms with Crippen LogP contribution in [0.1, 0.15) is 181 Å². The van der Waals surface area contributed by atoms with E-state index in [0.717, 1.165) is 96.3 Å². The van der Waals surface area contributed by atoms with Gasteiger partial charge in [0.05, 0.1) is 32.0 Å². The summed E-state index contributed by atoms with van der Waals surface area (Å²) < 4.78 is 22.6. The molecule has 2 fully saturated rings. The molecule has 2 saturated heterocycles. The SMILES string of the molecule is CC/C=C\C/C=C\C/C=C\C/C=C\C/C=C\C/C=C\CCCCCCCCCCCCCCC(=O)NC(COC1OC(CO)C(OC2OC(CO)C(O)C(O)C2O)C(O)C1O)C(O)/C=C/CCCCCCC. The summed E-state index contributed by atoms with van der Waals surface area (Å²) in [6.45, 7) is 2.59. The zero-order chi connectivity index (χ0) is 52.4. The normalized spacial score (nSPS) is 26.2. The van der Waals surface area contributed by atoms with Crippen LogP contribution in [0.5, 0.6) is 0 Å². The van der Waals surface area contributed by atoms with Crippen molar-refractivity contribution in [3.05, 3.63) is 85.1 Å². The topological polar surface area (TPSA) is 228 Å². The van der Waals surface area contributed by atoms with Crippen LogP contribution >= 0.6 is 0 Å². The van der Waals surface area contributed by atoms with Crippen LogP contribution in [0.4, 0.5) is 0 Å². The Kier molecular flexibility index (Phi) is 39.4. The number of amides is 1. The lowest BCUT2D eigenvalue weighted by Crippen LogP contribution is -2.65. The monoisotopic (exact) mass is 1020 g/mol. The molecule has 0 saturated carbocycles. The minimum Gasteiger partial charge on any atom is -0.394 e. The minimum atomic E-state index is -1.79. The number of carbonyl (C=O) groups is 1. The van der Waals surface area contributed by atoms with Crippen molar-refractivity contribution < 1.29 is 64.6 Å². The fraction of sp³-hybridized carbons (Fsp3) is 0.741. The second kappa shape index (κ2) is 43.4. The molecule has 0 aromatic carbocycles. The second-order valence-corrected chi connectivity index (χ2v) is 19.3. The molecular weight excluding hydrogens is 919 g/mol. The van der Waals surface area contributed by atoms with Crippen LogP contribution in [0.25, 0.3) is 0 Å². The molecule has 0 aromatic rings. The van der Waals surface area contributed by atoms with E-state index in [1.165, 1.54) is 57.8 Å². The summed E-state index contributed by atoms with van der Waals surface area (Å²) >= 11 is 0.